The topological polar surface area (TPSA) is 93.1 Å². The molecule has 0 aliphatic heterocycles. The Labute approximate surface area is 194 Å². The van der Waals surface area contributed by atoms with Crippen LogP contribution >= 0.6 is 0 Å². The van der Waals surface area contributed by atoms with Gasteiger partial charge in [-0.25, -0.2) is 22.5 Å². The van der Waals surface area contributed by atoms with Gasteiger partial charge < -0.3 is 9.88 Å². The summed E-state index contributed by atoms with van der Waals surface area (Å²) in [5.41, 5.74) is 1.61. The summed E-state index contributed by atoms with van der Waals surface area (Å²) in [6.45, 7) is 6.10. The molecule has 0 radical (unpaired) electrons. The molecule has 1 atom stereocenters. The van der Waals surface area contributed by atoms with Crippen molar-refractivity contribution in [2.75, 3.05) is 6.54 Å². The highest BCUT2D eigenvalue weighted by atomic mass is 32.2. The Balaban J connectivity index is 1.64. The van der Waals surface area contributed by atoms with E-state index < -0.39 is 16.1 Å². The first-order valence-electron chi connectivity index (χ1n) is 10.6. The van der Waals surface area contributed by atoms with E-state index in [9.17, 15) is 17.6 Å². The van der Waals surface area contributed by atoms with Gasteiger partial charge in [0.2, 0.25) is 15.9 Å². The van der Waals surface area contributed by atoms with Crippen LogP contribution in [0.1, 0.15) is 50.2 Å². The Kier molecular flexibility index (Phi) is 7.34. The quantitative estimate of drug-likeness (QED) is 0.525. The molecule has 2 aromatic carbocycles. The lowest BCUT2D eigenvalue weighted by molar-refractivity contribution is -0.121. The smallest absolute Gasteiger partial charge is 0.240 e. The van der Waals surface area contributed by atoms with E-state index in [0.717, 1.165) is 5.56 Å². The van der Waals surface area contributed by atoms with Crippen molar-refractivity contribution in [2.24, 2.45) is 7.05 Å². The van der Waals surface area contributed by atoms with E-state index >= 15 is 0 Å². The van der Waals surface area contributed by atoms with E-state index in [-0.39, 0.29) is 35.0 Å². The highest BCUT2D eigenvalue weighted by molar-refractivity contribution is 7.89. The zero-order valence-corrected chi connectivity index (χ0v) is 20.0. The summed E-state index contributed by atoms with van der Waals surface area (Å²) < 4.78 is 42.8. The second-order valence-corrected chi connectivity index (χ2v) is 10.6. The lowest BCUT2D eigenvalue weighted by Gasteiger charge is -2.20. The predicted octanol–water partition coefficient (Wildman–Crippen LogP) is 3.43. The number of aryl methyl sites for hydroxylation is 1. The third-order valence-electron chi connectivity index (χ3n) is 5.30. The van der Waals surface area contributed by atoms with E-state index in [2.05, 4.69) is 35.8 Å². The number of sulfonamides is 1. The number of aromatic nitrogens is 2. The Morgan fingerprint density at radius 1 is 1.09 bits per heavy atom. The van der Waals surface area contributed by atoms with Crippen LogP contribution in [0.3, 0.4) is 0 Å². The van der Waals surface area contributed by atoms with Crippen molar-refractivity contribution in [2.45, 2.75) is 43.5 Å². The number of rotatable bonds is 8. The van der Waals surface area contributed by atoms with Crippen LogP contribution in [0, 0.1) is 5.82 Å². The molecule has 0 aliphatic carbocycles. The maximum absolute atomic E-state index is 13.4. The van der Waals surface area contributed by atoms with Crippen LogP contribution in [0.5, 0.6) is 0 Å². The second kappa shape index (κ2) is 9.84. The van der Waals surface area contributed by atoms with Gasteiger partial charge >= 0.3 is 0 Å². The summed E-state index contributed by atoms with van der Waals surface area (Å²) in [6, 6.07) is 11.9. The Hall–Kier alpha value is -3.04. The molecule has 3 rings (SSSR count). The van der Waals surface area contributed by atoms with Crippen molar-refractivity contribution in [3.63, 3.8) is 0 Å². The molecule has 0 aliphatic rings. The number of nitrogens with one attached hydrogen (secondary N) is 2. The van der Waals surface area contributed by atoms with E-state index in [0.29, 0.717) is 11.4 Å². The number of hydrogen-bond acceptors (Lipinski definition) is 4. The van der Waals surface area contributed by atoms with Gasteiger partial charge in [-0.2, -0.15) is 0 Å². The SMILES string of the molecule is Cn1ccnc1C(NC(=O)CCNS(=O)(=O)c1ccc(C(C)(C)C)cc1)c1ccc(F)cc1. The molecule has 33 heavy (non-hydrogen) atoms. The van der Waals surface area contributed by atoms with Crippen LogP contribution < -0.4 is 10.0 Å². The van der Waals surface area contributed by atoms with E-state index in [1.807, 2.05) is 0 Å². The van der Waals surface area contributed by atoms with Gasteiger partial charge in [-0.15, -0.1) is 0 Å². The molecule has 176 valence electrons. The predicted molar refractivity (Wildman–Crippen MR) is 125 cm³/mol. The molecular formula is C24H29FN4O3S. The fraction of sp³-hybridized carbons (Fsp3) is 0.333. The summed E-state index contributed by atoms with van der Waals surface area (Å²) in [5, 5.41) is 2.87. The molecule has 0 saturated carbocycles. The molecule has 1 heterocycles. The summed E-state index contributed by atoms with van der Waals surface area (Å²) in [5.74, 6) is -0.166. The number of imidazole rings is 1. The molecule has 0 saturated heterocycles. The molecule has 1 unspecified atom stereocenters. The zero-order chi connectivity index (χ0) is 24.2. The van der Waals surface area contributed by atoms with Crippen LogP contribution in [-0.2, 0) is 27.3 Å². The van der Waals surface area contributed by atoms with Gasteiger partial charge in [-0.3, -0.25) is 4.79 Å². The number of hydrogen-bond donors (Lipinski definition) is 2. The second-order valence-electron chi connectivity index (χ2n) is 8.87. The molecule has 1 aromatic heterocycles. The number of carbonyl (C=O) groups excluding carboxylic acids is 1. The molecule has 0 spiro atoms. The minimum absolute atomic E-state index is 0.0636. The van der Waals surface area contributed by atoms with Gasteiger partial charge in [0.05, 0.1) is 4.90 Å². The van der Waals surface area contributed by atoms with Crippen molar-refractivity contribution in [3.8, 4) is 0 Å². The van der Waals surface area contributed by atoms with Crippen LogP contribution in [0.15, 0.2) is 65.8 Å². The summed E-state index contributed by atoms with van der Waals surface area (Å²) in [7, 11) is -1.95. The van der Waals surface area contributed by atoms with Crippen LogP contribution in [0.2, 0.25) is 0 Å². The van der Waals surface area contributed by atoms with Crippen LogP contribution in [-0.4, -0.2) is 30.4 Å². The number of amides is 1. The monoisotopic (exact) mass is 472 g/mol. The minimum Gasteiger partial charge on any atom is -0.342 e. The average molecular weight is 473 g/mol. The maximum atomic E-state index is 13.4. The molecule has 2 N–H and O–H groups in total. The van der Waals surface area contributed by atoms with Gasteiger partial charge in [0, 0.05) is 32.4 Å². The fourth-order valence-electron chi connectivity index (χ4n) is 3.36. The standard InChI is InChI=1S/C24H29FN4O3S/c1-24(2,3)18-7-11-20(12-8-18)33(31,32)27-14-13-21(30)28-22(23-26-15-16-29(23)4)17-5-9-19(25)10-6-17/h5-12,15-16,22,27H,13-14H2,1-4H3,(H,28,30). The molecule has 3 aromatic rings. The minimum atomic E-state index is -3.74. The Morgan fingerprint density at radius 2 is 1.73 bits per heavy atom. The Morgan fingerprint density at radius 3 is 2.27 bits per heavy atom. The van der Waals surface area contributed by atoms with Crippen molar-refractivity contribution >= 4 is 15.9 Å². The van der Waals surface area contributed by atoms with Crippen molar-refractivity contribution < 1.29 is 17.6 Å². The lowest BCUT2D eigenvalue weighted by Crippen LogP contribution is -2.34. The van der Waals surface area contributed by atoms with Gasteiger partial charge in [-0.05, 0) is 40.8 Å². The highest BCUT2D eigenvalue weighted by Gasteiger charge is 2.22. The molecule has 1 amide bonds. The highest BCUT2D eigenvalue weighted by Crippen LogP contribution is 2.23. The van der Waals surface area contributed by atoms with Crippen molar-refractivity contribution in [1.29, 1.82) is 0 Å². The first-order chi connectivity index (χ1) is 15.5. The summed E-state index contributed by atoms with van der Waals surface area (Å²) in [4.78, 5) is 17.1. The van der Waals surface area contributed by atoms with Crippen LogP contribution in [0.25, 0.3) is 0 Å². The third-order valence-corrected chi connectivity index (χ3v) is 6.78. The van der Waals surface area contributed by atoms with E-state index in [4.69, 9.17) is 0 Å². The zero-order valence-electron chi connectivity index (χ0n) is 19.2. The largest absolute Gasteiger partial charge is 0.342 e. The van der Waals surface area contributed by atoms with Crippen LogP contribution in [0.4, 0.5) is 4.39 Å². The number of benzene rings is 2. The van der Waals surface area contributed by atoms with E-state index in [1.165, 1.54) is 12.1 Å². The first-order valence-corrected chi connectivity index (χ1v) is 12.1. The fourth-order valence-corrected chi connectivity index (χ4v) is 4.39. The van der Waals surface area contributed by atoms with E-state index in [1.54, 1.807) is 60.4 Å². The van der Waals surface area contributed by atoms with Gasteiger partial charge in [-0.1, -0.05) is 45.0 Å². The molecule has 0 bridgehead atoms. The third kappa shape index (κ3) is 6.27. The molecule has 7 nitrogen and oxygen atoms in total. The maximum Gasteiger partial charge on any atom is 0.240 e. The average Bonchev–Trinajstić information content (AvgIpc) is 3.18. The van der Waals surface area contributed by atoms with Gasteiger partial charge in [0.25, 0.3) is 0 Å². The first kappa shape index (κ1) is 24.6. The van der Waals surface area contributed by atoms with Crippen molar-refractivity contribution in [3.05, 3.63) is 83.7 Å². The Bertz CT molecular complexity index is 1200. The summed E-state index contributed by atoms with van der Waals surface area (Å²) >= 11 is 0. The number of nitrogens with zero attached hydrogens (tertiary/aromatic N) is 2. The normalized spacial score (nSPS) is 13.0. The summed E-state index contributed by atoms with van der Waals surface area (Å²) in [6.07, 6.45) is 3.29. The molecule has 9 heteroatoms. The number of carbonyl (C=O) groups is 1. The molecular weight excluding hydrogens is 443 g/mol. The number of halogens is 1. The van der Waals surface area contributed by atoms with Gasteiger partial charge in [0.1, 0.15) is 17.7 Å². The molecule has 0 fully saturated rings. The lowest BCUT2D eigenvalue weighted by atomic mass is 9.87. The van der Waals surface area contributed by atoms with Crippen molar-refractivity contribution in [1.82, 2.24) is 19.6 Å². The van der Waals surface area contributed by atoms with Gasteiger partial charge in [0.15, 0.2) is 0 Å².